The van der Waals surface area contributed by atoms with Gasteiger partial charge in [0, 0.05) is 14.1 Å². The molecular weight excluding hydrogens is 459 g/mol. The Kier molecular flexibility index (Phi) is 7.22. The molecule has 1 aliphatic carbocycles. The normalized spacial score (nSPS) is 15.5. The van der Waals surface area contributed by atoms with E-state index < -0.39 is 39.7 Å². The van der Waals surface area contributed by atoms with E-state index in [1.54, 1.807) is 12.1 Å². The van der Waals surface area contributed by atoms with Crippen LogP contribution in [-0.2, 0) is 29.8 Å². The average molecular weight is 483 g/mol. The lowest BCUT2D eigenvalue weighted by molar-refractivity contribution is -0.153. The number of nitrogens with zero attached hydrogens (tertiary/aromatic N) is 1. The Balaban J connectivity index is 1.71. The Morgan fingerprint density at radius 2 is 1.84 bits per heavy atom. The zero-order valence-corrected chi connectivity index (χ0v) is 19.3. The van der Waals surface area contributed by atoms with Gasteiger partial charge in [-0.3, -0.25) is 9.59 Å². The number of carbonyl (C=O) groups is 2. The van der Waals surface area contributed by atoms with E-state index in [0.29, 0.717) is 18.4 Å². The number of rotatable bonds is 7. The molecule has 0 aromatic heterocycles. The van der Waals surface area contributed by atoms with E-state index in [4.69, 9.17) is 16.3 Å². The summed E-state index contributed by atoms with van der Waals surface area (Å²) >= 11 is 6.09. The van der Waals surface area contributed by atoms with Crippen LogP contribution in [-0.4, -0.2) is 45.3 Å². The van der Waals surface area contributed by atoms with Gasteiger partial charge in [0.05, 0.1) is 21.0 Å². The fourth-order valence-corrected chi connectivity index (χ4v) is 4.90. The number of hydrogen-bond donors (Lipinski definition) is 1. The molecule has 10 heteroatoms. The summed E-state index contributed by atoms with van der Waals surface area (Å²) in [7, 11) is -0.948. The molecule has 1 fully saturated rings. The Morgan fingerprint density at radius 3 is 2.47 bits per heavy atom. The van der Waals surface area contributed by atoms with E-state index in [2.05, 4.69) is 5.32 Å². The van der Waals surface area contributed by atoms with Crippen molar-refractivity contribution in [3.05, 3.63) is 58.9 Å². The number of nitrogens with one attached hydrogen (secondary N) is 1. The second-order valence-corrected chi connectivity index (χ2v) is 10.4. The maximum Gasteiger partial charge on any atom is 0.317 e. The van der Waals surface area contributed by atoms with Gasteiger partial charge < -0.3 is 10.1 Å². The highest BCUT2D eigenvalue weighted by Gasteiger charge is 2.44. The first kappa shape index (κ1) is 24.2. The number of halogens is 2. The highest BCUT2D eigenvalue weighted by atomic mass is 35.5. The summed E-state index contributed by atoms with van der Waals surface area (Å²) in [5, 5.41) is 2.61. The lowest BCUT2D eigenvalue weighted by atomic mass is 9.79. The van der Waals surface area contributed by atoms with Crippen LogP contribution >= 0.6 is 11.6 Å². The third kappa shape index (κ3) is 4.95. The Labute approximate surface area is 191 Å². The topological polar surface area (TPSA) is 92.8 Å². The number of hydrogen-bond acceptors (Lipinski definition) is 5. The third-order valence-corrected chi connectivity index (χ3v) is 7.69. The quantitative estimate of drug-likeness (QED) is 0.607. The molecule has 1 saturated carbocycles. The first-order valence-electron chi connectivity index (χ1n) is 10.0. The molecule has 2 aromatic carbocycles. The van der Waals surface area contributed by atoms with E-state index in [9.17, 15) is 22.4 Å². The third-order valence-electron chi connectivity index (χ3n) is 5.55. The monoisotopic (exact) mass is 482 g/mol. The first-order chi connectivity index (χ1) is 15.1. The van der Waals surface area contributed by atoms with E-state index in [1.165, 1.54) is 44.4 Å². The van der Waals surface area contributed by atoms with Gasteiger partial charge in [0.25, 0.3) is 5.91 Å². The summed E-state index contributed by atoms with van der Waals surface area (Å²) in [6.07, 6.45) is 2.60. The molecule has 3 rings (SSSR count). The minimum atomic E-state index is -3.72. The van der Waals surface area contributed by atoms with Crippen LogP contribution in [0.25, 0.3) is 0 Å². The number of esters is 1. The van der Waals surface area contributed by atoms with Crippen LogP contribution < -0.4 is 5.32 Å². The molecule has 1 amide bonds. The second-order valence-electron chi connectivity index (χ2n) is 7.85. The fraction of sp³-hybridized carbons (Fsp3) is 0.364. The van der Waals surface area contributed by atoms with E-state index >= 15 is 0 Å². The van der Waals surface area contributed by atoms with Gasteiger partial charge in [-0.05, 0) is 48.7 Å². The Bertz CT molecular complexity index is 1130. The van der Waals surface area contributed by atoms with Crippen LogP contribution in [0, 0.1) is 5.82 Å². The number of anilines is 1. The van der Waals surface area contributed by atoms with E-state index in [0.717, 1.165) is 17.1 Å². The largest absolute Gasteiger partial charge is 0.455 e. The van der Waals surface area contributed by atoms with Crippen LogP contribution in [0.4, 0.5) is 10.1 Å². The molecule has 0 heterocycles. The van der Waals surface area contributed by atoms with Gasteiger partial charge in [-0.15, -0.1) is 0 Å². The Hall–Kier alpha value is -2.49. The standard InChI is InChI=1S/C22H24ClFN2O5S/c1-26(2)32(29,30)17-8-9-18(23)19(13-17)25-20(27)14-31-21(28)22(10-3-4-11-22)15-6-5-7-16(24)12-15/h5-9,12-13H,3-4,10-11,14H2,1-2H3,(H,25,27). The molecule has 0 radical (unpaired) electrons. The summed E-state index contributed by atoms with van der Waals surface area (Å²) in [6.45, 7) is -0.586. The van der Waals surface area contributed by atoms with Gasteiger partial charge in [0.15, 0.2) is 6.61 Å². The van der Waals surface area contributed by atoms with E-state index in [-0.39, 0.29) is 15.6 Å². The number of carbonyl (C=O) groups excluding carboxylic acids is 2. The van der Waals surface area contributed by atoms with Crippen LogP contribution in [0.2, 0.25) is 5.02 Å². The minimum Gasteiger partial charge on any atom is -0.455 e. The molecule has 1 N–H and O–H groups in total. The van der Waals surface area contributed by atoms with Crippen molar-refractivity contribution >= 4 is 39.2 Å². The van der Waals surface area contributed by atoms with Crippen molar-refractivity contribution < 1.29 is 27.1 Å². The zero-order chi connectivity index (χ0) is 23.5. The molecule has 172 valence electrons. The summed E-state index contributed by atoms with van der Waals surface area (Å²) < 4.78 is 44.7. The summed E-state index contributed by atoms with van der Waals surface area (Å²) in [5.41, 5.74) is -0.374. The van der Waals surface area contributed by atoms with Crippen LogP contribution in [0.5, 0.6) is 0 Å². The number of amides is 1. The molecule has 0 saturated heterocycles. The molecule has 0 spiro atoms. The number of sulfonamides is 1. The lowest BCUT2D eigenvalue weighted by Gasteiger charge is -2.27. The highest BCUT2D eigenvalue weighted by Crippen LogP contribution is 2.42. The minimum absolute atomic E-state index is 0.0461. The number of ether oxygens (including phenoxy) is 1. The van der Waals surface area contributed by atoms with Gasteiger partial charge in [-0.2, -0.15) is 0 Å². The van der Waals surface area contributed by atoms with Gasteiger partial charge >= 0.3 is 5.97 Å². The molecule has 0 atom stereocenters. The maximum absolute atomic E-state index is 13.7. The summed E-state index contributed by atoms with van der Waals surface area (Å²) in [5.74, 6) is -1.71. The van der Waals surface area contributed by atoms with Crippen molar-refractivity contribution in [1.82, 2.24) is 4.31 Å². The Morgan fingerprint density at radius 1 is 1.16 bits per heavy atom. The highest BCUT2D eigenvalue weighted by molar-refractivity contribution is 7.89. The molecule has 0 bridgehead atoms. The predicted molar refractivity (Wildman–Crippen MR) is 118 cm³/mol. The van der Waals surface area contributed by atoms with Crippen molar-refractivity contribution in [2.45, 2.75) is 36.0 Å². The molecule has 0 aliphatic heterocycles. The van der Waals surface area contributed by atoms with Gasteiger partial charge in [0.1, 0.15) is 5.82 Å². The molecule has 0 unspecified atom stereocenters. The van der Waals surface area contributed by atoms with Gasteiger partial charge in [-0.1, -0.05) is 36.6 Å². The fourth-order valence-electron chi connectivity index (χ4n) is 3.80. The molecule has 1 aliphatic rings. The van der Waals surface area contributed by atoms with Crippen molar-refractivity contribution in [2.24, 2.45) is 0 Å². The molecule has 2 aromatic rings. The zero-order valence-electron chi connectivity index (χ0n) is 17.7. The lowest BCUT2D eigenvalue weighted by Crippen LogP contribution is -2.36. The van der Waals surface area contributed by atoms with Gasteiger partial charge in [0.2, 0.25) is 10.0 Å². The molecule has 32 heavy (non-hydrogen) atoms. The molecule has 7 nitrogen and oxygen atoms in total. The summed E-state index contributed by atoms with van der Waals surface area (Å²) in [6, 6.07) is 9.78. The maximum atomic E-state index is 13.7. The smallest absolute Gasteiger partial charge is 0.317 e. The van der Waals surface area contributed by atoms with Crippen molar-refractivity contribution in [2.75, 3.05) is 26.0 Å². The SMILES string of the molecule is CN(C)S(=O)(=O)c1ccc(Cl)c(NC(=O)COC(=O)C2(c3cccc(F)c3)CCCC2)c1. The number of benzene rings is 2. The van der Waals surface area contributed by atoms with Crippen LogP contribution in [0.1, 0.15) is 31.2 Å². The first-order valence-corrected chi connectivity index (χ1v) is 11.8. The van der Waals surface area contributed by atoms with Crippen molar-refractivity contribution in [3.63, 3.8) is 0 Å². The molecular formula is C22H24ClFN2O5S. The van der Waals surface area contributed by atoms with Crippen LogP contribution in [0.15, 0.2) is 47.4 Å². The van der Waals surface area contributed by atoms with Crippen molar-refractivity contribution in [1.29, 1.82) is 0 Å². The van der Waals surface area contributed by atoms with Gasteiger partial charge in [-0.25, -0.2) is 17.1 Å². The van der Waals surface area contributed by atoms with E-state index in [1.807, 2.05) is 0 Å². The van der Waals surface area contributed by atoms with Crippen molar-refractivity contribution in [3.8, 4) is 0 Å². The summed E-state index contributed by atoms with van der Waals surface area (Å²) in [4.78, 5) is 25.3. The van der Waals surface area contributed by atoms with Crippen LogP contribution in [0.3, 0.4) is 0 Å². The second kappa shape index (κ2) is 9.56. The predicted octanol–water partition coefficient (Wildman–Crippen LogP) is 3.72. The average Bonchev–Trinajstić information content (AvgIpc) is 3.24.